The first-order valence-corrected chi connectivity index (χ1v) is 3.43. The van der Waals surface area contributed by atoms with E-state index >= 15 is 0 Å². The van der Waals surface area contributed by atoms with Crippen molar-refractivity contribution in [2.45, 2.75) is 26.3 Å². The Kier molecular flexibility index (Phi) is 1.57. The van der Waals surface area contributed by atoms with Crippen LogP contribution in [0.2, 0.25) is 0 Å². The van der Waals surface area contributed by atoms with Gasteiger partial charge in [-0.25, -0.2) is 0 Å². The lowest BCUT2D eigenvalue weighted by molar-refractivity contribution is 0.148. The molecular weight excluding hydrogens is 98.1 g/mol. The van der Waals surface area contributed by atoms with Crippen molar-refractivity contribution in [3.05, 3.63) is 0 Å². The molecule has 8 heavy (non-hydrogen) atoms. The van der Waals surface area contributed by atoms with Gasteiger partial charge in [0.05, 0.1) is 0 Å². The fraction of sp³-hybridized carbons (Fsp3) is 1.00. The molecule has 0 aromatic rings. The van der Waals surface area contributed by atoms with Gasteiger partial charge in [-0.2, -0.15) is 0 Å². The topological polar surface area (TPSA) is 12.0 Å². The van der Waals surface area contributed by atoms with Crippen molar-refractivity contribution in [1.82, 2.24) is 5.32 Å². The van der Waals surface area contributed by atoms with E-state index in [0.29, 0.717) is 0 Å². The number of hydrogen-bond donors (Lipinski definition) is 1. The first-order chi connectivity index (χ1) is 3.75. The summed E-state index contributed by atoms with van der Waals surface area (Å²) < 4.78 is 0. The normalized spacial score (nSPS) is 46.1. The molecule has 2 unspecified atom stereocenters. The molecule has 1 aliphatic rings. The smallest absolute Gasteiger partial charge is 0.0115 e. The maximum atomic E-state index is 3.30. The fourth-order valence-corrected chi connectivity index (χ4v) is 1.81. The minimum absolute atomic E-state index is 0.801. The Morgan fingerprint density at radius 1 is 1.25 bits per heavy atom. The molecule has 0 aliphatic heterocycles. The average Bonchev–Trinajstić information content (AvgIpc) is 1.67. The predicted molar refractivity (Wildman–Crippen MR) is 35.8 cm³/mol. The van der Waals surface area contributed by atoms with Gasteiger partial charge in [0, 0.05) is 6.04 Å². The zero-order valence-electron chi connectivity index (χ0n) is 5.94. The summed E-state index contributed by atoms with van der Waals surface area (Å²) in [4.78, 5) is 0. The standard InChI is InChI=1S/C7H15N/c1-5-4-6(2)7(5)8-3/h5-8H,4H2,1-3H3. The van der Waals surface area contributed by atoms with Gasteiger partial charge in [-0.15, -0.1) is 0 Å². The van der Waals surface area contributed by atoms with E-state index in [9.17, 15) is 0 Å². The lowest BCUT2D eigenvalue weighted by Gasteiger charge is -2.40. The average molecular weight is 113 g/mol. The summed E-state index contributed by atoms with van der Waals surface area (Å²) in [6.45, 7) is 4.61. The summed E-state index contributed by atoms with van der Waals surface area (Å²) in [6, 6.07) is 0.801. The summed E-state index contributed by atoms with van der Waals surface area (Å²) in [5.41, 5.74) is 0. The van der Waals surface area contributed by atoms with E-state index in [-0.39, 0.29) is 0 Å². The van der Waals surface area contributed by atoms with E-state index in [1.165, 1.54) is 6.42 Å². The molecular formula is C7H15N. The Hall–Kier alpha value is -0.0400. The van der Waals surface area contributed by atoms with Crippen LogP contribution in [-0.4, -0.2) is 13.1 Å². The molecule has 1 saturated carbocycles. The van der Waals surface area contributed by atoms with Crippen molar-refractivity contribution in [1.29, 1.82) is 0 Å². The van der Waals surface area contributed by atoms with Crippen LogP contribution in [0.3, 0.4) is 0 Å². The Morgan fingerprint density at radius 3 is 1.88 bits per heavy atom. The first kappa shape index (κ1) is 6.09. The summed E-state index contributed by atoms with van der Waals surface area (Å²) in [7, 11) is 2.05. The van der Waals surface area contributed by atoms with Crippen LogP contribution in [0.15, 0.2) is 0 Å². The molecule has 0 bridgehead atoms. The van der Waals surface area contributed by atoms with Crippen LogP contribution in [0.4, 0.5) is 0 Å². The third-order valence-corrected chi connectivity index (χ3v) is 2.30. The quantitative estimate of drug-likeness (QED) is 0.539. The molecule has 1 fully saturated rings. The zero-order chi connectivity index (χ0) is 6.15. The minimum atomic E-state index is 0.801. The summed E-state index contributed by atoms with van der Waals surface area (Å²) in [5.74, 6) is 1.82. The SMILES string of the molecule is CNC1C(C)CC1C. The monoisotopic (exact) mass is 113 g/mol. The van der Waals surface area contributed by atoms with Gasteiger partial charge < -0.3 is 5.32 Å². The Labute approximate surface area is 51.5 Å². The fourth-order valence-electron chi connectivity index (χ4n) is 1.81. The lowest BCUT2D eigenvalue weighted by Crippen LogP contribution is -2.47. The van der Waals surface area contributed by atoms with E-state index < -0.39 is 0 Å². The van der Waals surface area contributed by atoms with Gasteiger partial charge in [0.15, 0.2) is 0 Å². The van der Waals surface area contributed by atoms with Crippen LogP contribution < -0.4 is 5.32 Å². The third-order valence-electron chi connectivity index (χ3n) is 2.30. The highest BCUT2D eigenvalue weighted by atomic mass is 14.9. The van der Waals surface area contributed by atoms with E-state index in [2.05, 4.69) is 26.2 Å². The highest BCUT2D eigenvalue weighted by Crippen LogP contribution is 2.32. The van der Waals surface area contributed by atoms with Crippen LogP contribution in [0.5, 0.6) is 0 Å². The molecule has 0 amide bonds. The summed E-state index contributed by atoms with van der Waals surface area (Å²) in [6.07, 6.45) is 1.41. The van der Waals surface area contributed by atoms with E-state index in [4.69, 9.17) is 0 Å². The number of nitrogens with one attached hydrogen (secondary N) is 1. The predicted octanol–water partition coefficient (Wildman–Crippen LogP) is 1.25. The van der Waals surface area contributed by atoms with Crippen molar-refractivity contribution in [3.63, 3.8) is 0 Å². The van der Waals surface area contributed by atoms with Gasteiger partial charge in [0.1, 0.15) is 0 Å². The molecule has 0 spiro atoms. The van der Waals surface area contributed by atoms with E-state index in [1.54, 1.807) is 0 Å². The molecule has 2 atom stereocenters. The molecule has 0 radical (unpaired) electrons. The summed E-state index contributed by atoms with van der Waals surface area (Å²) >= 11 is 0. The maximum absolute atomic E-state index is 3.30. The molecule has 1 heteroatoms. The Balaban J connectivity index is 2.29. The maximum Gasteiger partial charge on any atom is 0.0115 e. The Morgan fingerprint density at radius 2 is 1.75 bits per heavy atom. The van der Waals surface area contributed by atoms with Gasteiger partial charge >= 0.3 is 0 Å². The van der Waals surface area contributed by atoms with Crippen LogP contribution in [0.25, 0.3) is 0 Å². The Bertz CT molecular complexity index is 72.5. The molecule has 0 aromatic heterocycles. The van der Waals surface area contributed by atoms with Crippen molar-refractivity contribution in [3.8, 4) is 0 Å². The van der Waals surface area contributed by atoms with Gasteiger partial charge in [-0.3, -0.25) is 0 Å². The van der Waals surface area contributed by atoms with Crippen LogP contribution in [0, 0.1) is 11.8 Å². The third kappa shape index (κ3) is 0.752. The highest BCUT2D eigenvalue weighted by Gasteiger charge is 2.32. The van der Waals surface area contributed by atoms with Gasteiger partial charge in [0.2, 0.25) is 0 Å². The van der Waals surface area contributed by atoms with Crippen LogP contribution in [0.1, 0.15) is 20.3 Å². The molecule has 1 N–H and O–H groups in total. The lowest BCUT2D eigenvalue weighted by atomic mass is 9.72. The molecule has 1 nitrogen and oxygen atoms in total. The highest BCUT2D eigenvalue weighted by molar-refractivity contribution is 4.88. The minimum Gasteiger partial charge on any atom is -0.316 e. The molecule has 0 aromatic carbocycles. The molecule has 1 rings (SSSR count). The van der Waals surface area contributed by atoms with Gasteiger partial charge in [-0.05, 0) is 25.3 Å². The van der Waals surface area contributed by atoms with E-state index in [0.717, 1.165) is 17.9 Å². The molecule has 1 aliphatic carbocycles. The van der Waals surface area contributed by atoms with Crippen molar-refractivity contribution >= 4 is 0 Å². The van der Waals surface area contributed by atoms with Crippen molar-refractivity contribution < 1.29 is 0 Å². The summed E-state index contributed by atoms with van der Waals surface area (Å²) in [5, 5.41) is 3.30. The van der Waals surface area contributed by atoms with Crippen molar-refractivity contribution in [2.75, 3.05) is 7.05 Å². The van der Waals surface area contributed by atoms with E-state index in [1.807, 2.05) is 0 Å². The van der Waals surface area contributed by atoms with Crippen LogP contribution in [-0.2, 0) is 0 Å². The largest absolute Gasteiger partial charge is 0.316 e. The second-order valence-corrected chi connectivity index (χ2v) is 3.00. The van der Waals surface area contributed by atoms with Crippen molar-refractivity contribution in [2.24, 2.45) is 11.8 Å². The second-order valence-electron chi connectivity index (χ2n) is 3.00. The number of hydrogen-bond acceptors (Lipinski definition) is 1. The zero-order valence-corrected chi connectivity index (χ0v) is 5.94. The van der Waals surface area contributed by atoms with Gasteiger partial charge in [0.25, 0.3) is 0 Å². The molecule has 0 heterocycles. The molecule has 48 valence electrons. The number of rotatable bonds is 1. The molecule has 0 saturated heterocycles. The van der Waals surface area contributed by atoms with Gasteiger partial charge in [-0.1, -0.05) is 13.8 Å². The first-order valence-electron chi connectivity index (χ1n) is 3.43. The second kappa shape index (κ2) is 2.06. The van der Waals surface area contributed by atoms with Crippen LogP contribution >= 0.6 is 0 Å².